The number of hydrogen-bond donors (Lipinski definition) is 1. The van der Waals surface area contributed by atoms with Crippen LogP contribution in [0.3, 0.4) is 0 Å². The minimum Gasteiger partial charge on any atom is -0.289 e. The van der Waals surface area contributed by atoms with E-state index in [1.54, 1.807) is 24.3 Å². The molecule has 0 unspecified atom stereocenters. The summed E-state index contributed by atoms with van der Waals surface area (Å²) in [6, 6.07) is 11.6. The second-order valence-electron chi connectivity index (χ2n) is 4.57. The fourth-order valence-electron chi connectivity index (χ4n) is 2.51. The van der Waals surface area contributed by atoms with Gasteiger partial charge in [0, 0.05) is 27.1 Å². The summed E-state index contributed by atoms with van der Waals surface area (Å²) in [7, 11) is 0.892. The molecule has 0 aromatic heterocycles. The first-order valence-electron chi connectivity index (χ1n) is 6.15. The number of ketones is 2. The van der Waals surface area contributed by atoms with Crippen LogP contribution in [0.15, 0.2) is 35.2 Å². The smallest absolute Gasteiger partial charge is 0.195 e. The minimum atomic E-state index is -0.331. The Hall–Kier alpha value is -2.54. The number of fused-ring (bicyclic) bond motifs is 2. The maximum Gasteiger partial charge on any atom is 0.195 e. The zero-order chi connectivity index (χ0) is 15.9. The molecule has 1 aliphatic carbocycles. The SMILES string of the molecule is N#Cc1cc2c(c(SS)c1C#N)C(=O)c1ccccc1C2=O. The van der Waals surface area contributed by atoms with Crippen molar-refractivity contribution in [3.8, 4) is 12.1 Å². The second-order valence-corrected chi connectivity index (χ2v) is 5.71. The van der Waals surface area contributed by atoms with E-state index in [1.165, 1.54) is 6.07 Å². The average Bonchev–Trinajstić information content (AvgIpc) is 2.57. The molecule has 22 heavy (non-hydrogen) atoms. The van der Waals surface area contributed by atoms with Crippen molar-refractivity contribution in [3.63, 3.8) is 0 Å². The van der Waals surface area contributed by atoms with E-state index in [0.717, 1.165) is 10.8 Å². The van der Waals surface area contributed by atoms with E-state index < -0.39 is 0 Å². The van der Waals surface area contributed by atoms with Gasteiger partial charge in [0.25, 0.3) is 0 Å². The quantitative estimate of drug-likeness (QED) is 0.550. The number of hydrogen-bond acceptors (Lipinski definition) is 6. The molecule has 0 amide bonds. The molecule has 0 atom stereocenters. The Morgan fingerprint density at radius 2 is 1.59 bits per heavy atom. The molecule has 0 saturated carbocycles. The van der Waals surface area contributed by atoms with Crippen molar-refractivity contribution in [1.82, 2.24) is 0 Å². The summed E-state index contributed by atoms with van der Waals surface area (Å²) in [5, 5.41) is 18.5. The summed E-state index contributed by atoms with van der Waals surface area (Å²) in [6.45, 7) is 0. The molecular weight excluding hydrogens is 316 g/mol. The summed E-state index contributed by atoms with van der Waals surface area (Å²) in [5.74, 6) is -0.655. The molecule has 3 rings (SSSR count). The molecular formula is C16H6N2O2S2. The van der Waals surface area contributed by atoms with Gasteiger partial charge in [0.2, 0.25) is 0 Å². The summed E-state index contributed by atoms with van der Waals surface area (Å²) in [6.07, 6.45) is 0. The van der Waals surface area contributed by atoms with Crippen LogP contribution in [0.4, 0.5) is 0 Å². The van der Waals surface area contributed by atoms with Crippen molar-refractivity contribution < 1.29 is 9.59 Å². The average molecular weight is 322 g/mol. The summed E-state index contributed by atoms with van der Waals surface area (Å²) >= 11 is 4.09. The highest BCUT2D eigenvalue weighted by Crippen LogP contribution is 2.38. The normalized spacial score (nSPS) is 12.1. The van der Waals surface area contributed by atoms with Crippen molar-refractivity contribution in [2.24, 2.45) is 0 Å². The molecule has 1 aliphatic rings. The largest absolute Gasteiger partial charge is 0.289 e. The molecule has 4 nitrogen and oxygen atoms in total. The van der Waals surface area contributed by atoms with Crippen LogP contribution in [0, 0.1) is 22.7 Å². The van der Waals surface area contributed by atoms with Crippen LogP contribution in [-0.2, 0) is 0 Å². The first-order valence-corrected chi connectivity index (χ1v) is 8.02. The Morgan fingerprint density at radius 1 is 0.955 bits per heavy atom. The molecule has 0 spiro atoms. The van der Waals surface area contributed by atoms with Gasteiger partial charge in [0.05, 0.1) is 11.1 Å². The van der Waals surface area contributed by atoms with Crippen molar-refractivity contribution in [3.05, 3.63) is 63.7 Å². The minimum absolute atomic E-state index is 0.0679. The van der Waals surface area contributed by atoms with Gasteiger partial charge in [-0.15, -0.1) is 11.7 Å². The van der Waals surface area contributed by atoms with Gasteiger partial charge in [-0.1, -0.05) is 35.1 Å². The lowest BCUT2D eigenvalue weighted by molar-refractivity contribution is 0.0977. The number of carbonyl (C=O) groups excluding carboxylic acids is 2. The van der Waals surface area contributed by atoms with E-state index >= 15 is 0 Å². The van der Waals surface area contributed by atoms with Gasteiger partial charge in [0.1, 0.15) is 12.1 Å². The molecule has 2 aromatic carbocycles. The van der Waals surface area contributed by atoms with Crippen molar-refractivity contribution in [2.45, 2.75) is 4.90 Å². The Labute approximate surface area is 135 Å². The maximum atomic E-state index is 12.7. The number of benzene rings is 2. The van der Waals surface area contributed by atoms with Gasteiger partial charge in [-0.3, -0.25) is 9.59 Å². The fraction of sp³-hybridized carbons (Fsp3) is 0. The van der Waals surface area contributed by atoms with E-state index in [1.807, 2.05) is 12.1 Å². The molecule has 0 aliphatic heterocycles. The van der Waals surface area contributed by atoms with Gasteiger partial charge in [-0.05, 0) is 6.07 Å². The van der Waals surface area contributed by atoms with Gasteiger partial charge >= 0.3 is 0 Å². The van der Waals surface area contributed by atoms with Crippen LogP contribution < -0.4 is 0 Å². The van der Waals surface area contributed by atoms with Crippen LogP contribution in [-0.4, -0.2) is 11.6 Å². The van der Waals surface area contributed by atoms with Gasteiger partial charge in [-0.25, -0.2) is 0 Å². The van der Waals surface area contributed by atoms with Gasteiger partial charge in [0.15, 0.2) is 11.6 Å². The highest BCUT2D eigenvalue weighted by molar-refractivity contribution is 8.68. The van der Waals surface area contributed by atoms with E-state index in [9.17, 15) is 20.1 Å². The van der Waals surface area contributed by atoms with Crippen LogP contribution in [0.1, 0.15) is 43.0 Å². The van der Waals surface area contributed by atoms with Crippen LogP contribution >= 0.6 is 22.5 Å². The van der Waals surface area contributed by atoms with E-state index in [4.69, 9.17) is 0 Å². The van der Waals surface area contributed by atoms with Crippen molar-refractivity contribution >= 4 is 34.0 Å². The number of rotatable bonds is 1. The highest BCUT2D eigenvalue weighted by Gasteiger charge is 2.33. The van der Waals surface area contributed by atoms with Crippen LogP contribution in [0.5, 0.6) is 0 Å². The molecule has 0 N–H and O–H groups in total. The maximum absolute atomic E-state index is 12.7. The molecule has 0 saturated heterocycles. The van der Waals surface area contributed by atoms with Crippen molar-refractivity contribution in [1.29, 1.82) is 10.5 Å². The Kier molecular flexibility index (Phi) is 3.50. The predicted molar refractivity (Wildman–Crippen MR) is 84.0 cm³/mol. The summed E-state index contributed by atoms with van der Waals surface area (Å²) < 4.78 is 0. The third-order valence-electron chi connectivity index (χ3n) is 3.49. The number of nitriles is 2. The van der Waals surface area contributed by atoms with E-state index in [-0.39, 0.29) is 38.7 Å². The molecule has 6 heteroatoms. The lowest BCUT2D eigenvalue weighted by Crippen LogP contribution is -2.22. The van der Waals surface area contributed by atoms with Crippen molar-refractivity contribution in [2.75, 3.05) is 0 Å². The zero-order valence-corrected chi connectivity index (χ0v) is 12.7. The number of nitrogens with zero attached hydrogens (tertiary/aromatic N) is 2. The molecule has 0 radical (unpaired) electrons. The first-order chi connectivity index (χ1) is 10.6. The standard InChI is InChI=1S/C16H6N2O2S2/c17-6-8-5-11-13(16(22-21)12(8)7-18)15(20)10-4-2-1-3-9(10)14(11)19/h1-5,21H. The Balaban J connectivity index is 2.44. The third kappa shape index (κ3) is 1.86. The van der Waals surface area contributed by atoms with Gasteiger partial charge in [-0.2, -0.15) is 10.5 Å². The zero-order valence-electron chi connectivity index (χ0n) is 11.0. The molecule has 0 heterocycles. The lowest BCUT2D eigenvalue weighted by atomic mass is 9.82. The van der Waals surface area contributed by atoms with Crippen LogP contribution in [0.2, 0.25) is 0 Å². The molecule has 2 aromatic rings. The monoisotopic (exact) mass is 322 g/mol. The van der Waals surface area contributed by atoms with Gasteiger partial charge < -0.3 is 0 Å². The predicted octanol–water partition coefficient (Wildman–Crippen LogP) is 3.14. The van der Waals surface area contributed by atoms with E-state index in [2.05, 4.69) is 11.7 Å². The molecule has 0 bridgehead atoms. The highest BCUT2D eigenvalue weighted by atomic mass is 33.1. The molecule has 0 fully saturated rings. The summed E-state index contributed by atoms with van der Waals surface area (Å²) in [4.78, 5) is 25.6. The summed E-state index contributed by atoms with van der Waals surface area (Å²) in [5.41, 5.74) is 1.05. The third-order valence-corrected chi connectivity index (χ3v) is 4.63. The molecule has 104 valence electrons. The first kappa shape index (κ1) is 14.4. The second kappa shape index (κ2) is 5.34. The fourth-order valence-corrected chi connectivity index (χ4v) is 3.60. The number of carbonyl (C=O) groups is 2. The topological polar surface area (TPSA) is 81.7 Å². The lowest BCUT2D eigenvalue weighted by Gasteiger charge is -2.20. The number of thiol groups is 1. The van der Waals surface area contributed by atoms with Crippen LogP contribution in [0.25, 0.3) is 0 Å². The Morgan fingerprint density at radius 3 is 2.14 bits per heavy atom. The van der Waals surface area contributed by atoms with E-state index in [0.29, 0.717) is 11.1 Å². The Bertz CT molecular complexity index is 936.